The Morgan fingerprint density at radius 2 is 2.43 bits per heavy atom. The highest BCUT2D eigenvalue weighted by atomic mass is 32.1. The zero-order chi connectivity index (χ0) is 10.7. The molecule has 0 aliphatic carbocycles. The maximum Gasteiger partial charge on any atom is 0.412 e. The molecule has 0 radical (unpaired) electrons. The van der Waals surface area contributed by atoms with Gasteiger partial charge in [0, 0.05) is 7.05 Å². The second-order valence-electron chi connectivity index (χ2n) is 2.51. The summed E-state index contributed by atoms with van der Waals surface area (Å²) < 4.78 is 5.89. The van der Waals surface area contributed by atoms with Crippen molar-refractivity contribution >= 4 is 29.1 Å². The van der Waals surface area contributed by atoms with E-state index in [1.165, 1.54) is 18.0 Å². The van der Waals surface area contributed by atoms with Gasteiger partial charge in [0.15, 0.2) is 0 Å². The molecular formula is C7H10N4O2S. The van der Waals surface area contributed by atoms with E-state index >= 15 is 0 Å². The number of nitrogens with one attached hydrogen (secondary N) is 1. The summed E-state index contributed by atoms with van der Waals surface area (Å²) in [6, 6.07) is 0. The Morgan fingerprint density at radius 1 is 1.79 bits per heavy atom. The van der Waals surface area contributed by atoms with Gasteiger partial charge in [0.25, 0.3) is 0 Å². The SMILES string of the molecule is COC(=O)Nc1c(C(N)=S)cnn1C. The third-order valence-corrected chi connectivity index (χ3v) is 1.83. The number of ether oxygens (including phenoxy) is 1. The van der Waals surface area contributed by atoms with Gasteiger partial charge in [-0.2, -0.15) is 5.10 Å². The number of nitrogens with zero attached hydrogens (tertiary/aromatic N) is 2. The largest absolute Gasteiger partial charge is 0.453 e. The molecule has 0 atom stereocenters. The smallest absolute Gasteiger partial charge is 0.412 e. The molecule has 1 aromatic heterocycles. The van der Waals surface area contributed by atoms with Gasteiger partial charge in [-0.15, -0.1) is 0 Å². The van der Waals surface area contributed by atoms with Gasteiger partial charge in [-0.25, -0.2) is 4.79 Å². The van der Waals surface area contributed by atoms with E-state index in [0.717, 1.165) is 0 Å². The van der Waals surface area contributed by atoms with Gasteiger partial charge in [0.05, 0.1) is 18.9 Å². The highest BCUT2D eigenvalue weighted by Crippen LogP contribution is 2.13. The Labute approximate surface area is 86.0 Å². The molecule has 0 saturated heterocycles. The summed E-state index contributed by atoms with van der Waals surface area (Å²) in [5, 5.41) is 6.37. The van der Waals surface area contributed by atoms with E-state index in [0.29, 0.717) is 11.4 Å². The summed E-state index contributed by atoms with van der Waals surface area (Å²) in [5.41, 5.74) is 5.94. The third kappa shape index (κ3) is 1.99. The van der Waals surface area contributed by atoms with Crippen molar-refractivity contribution in [1.29, 1.82) is 0 Å². The van der Waals surface area contributed by atoms with E-state index in [2.05, 4.69) is 15.2 Å². The van der Waals surface area contributed by atoms with E-state index in [1.54, 1.807) is 7.05 Å². The van der Waals surface area contributed by atoms with Crippen LogP contribution in [0.2, 0.25) is 0 Å². The van der Waals surface area contributed by atoms with Crippen molar-refractivity contribution in [3.05, 3.63) is 11.8 Å². The van der Waals surface area contributed by atoms with Crippen LogP contribution in [0, 0.1) is 0 Å². The van der Waals surface area contributed by atoms with Gasteiger partial charge in [-0.05, 0) is 0 Å². The first-order chi connectivity index (χ1) is 6.56. The average molecular weight is 214 g/mol. The van der Waals surface area contributed by atoms with Crippen LogP contribution < -0.4 is 11.1 Å². The van der Waals surface area contributed by atoms with Crippen LogP contribution in [-0.2, 0) is 11.8 Å². The molecule has 1 heterocycles. The minimum atomic E-state index is -0.592. The summed E-state index contributed by atoms with van der Waals surface area (Å²) in [6.07, 6.45) is 0.888. The summed E-state index contributed by atoms with van der Waals surface area (Å²) in [6.45, 7) is 0. The molecule has 0 spiro atoms. The lowest BCUT2D eigenvalue weighted by atomic mass is 10.3. The first-order valence-electron chi connectivity index (χ1n) is 3.73. The third-order valence-electron chi connectivity index (χ3n) is 1.61. The van der Waals surface area contributed by atoms with Crippen molar-refractivity contribution < 1.29 is 9.53 Å². The molecule has 7 heteroatoms. The molecule has 1 amide bonds. The summed E-state index contributed by atoms with van der Waals surface area (Å²) in [5.74, 6) is 0.421. The van der Waals surface area contributed by atoms with Crippen molar-refractivity contribution in [2.45, 2.75) is 0 Å². The number of carbonyl (C=O) groups is 1. The molecule has 0 aliphatic heterocycles. The van der Waals surface area contributed by atoms with E-state index in [4.69, 9.17) is 18.0 Å². The van der Waals surface area contributed by atoms with E-state index in [-0.39, 0.29) is 4.99 Å². The molecule has 14 heavy (non-hydrogen) atoms. The summed E-state index contributed by atoms with van der Waals surface area (Å²) >= 11 is 4.78. The van der Waals surface area contributed by atoms with Crippen molar-refractivity contribution in [1.82, 2.24) is 9.78 Å². The van der Waals surface area contributed by atoms with Gasteiger partial charge < -0.3 is 10.5 Å². The Hall–Kier alpha value is -1.63. The predicted octanol–water partition coefficient (Wildman–Crippen LogP) is 0.233. The Balaban J connectivity index is 2.99. The maximum absolute atomic E-state index is 10.9. The number of amides is 1. The lowest BCUT2D eigenvalue weighted by molar-refractivity contribution is 0.186. The van der Waals surface area contributed by atoms with Gasteiger partial charge in [-0.1, -0.05) is 12.2 Å². The first-order valence-corrected chi connectivity index (χ1v) is 4.14. The normalized spacial score (nSPS) is 9.57. The number of carbonyl (C=O) groups excluding carboxylic acids is 1. The molecule has 0 aromatic carbocycles. The van der Waals surface area contributed by atoms with Crippen LogP contribution in [0.4, 0.5) is 10.6 Å². The zero-order valence-electron chi connectivity index (χ0n) is 7.77. The first kappa shape index (κ1) is 10.5. The van der Waals surface area contributed by atoms with Crippen molar-refractivity contribution in [2.75, 3.05) is 12.4 Å². The second-order valence-corrected chi connectivity index (χ2v) is 2.95. The molecule has 0 fully saturated rings. The summed E-state index contributed by atoms with van der Waals surface area (Å²) in [4.78, 5) is 11.1. The van der Waals surface area contributed by atoms with Gasteiger partial charge >= 0.3 is 6.09 Å². The topological polar surface area (TPSA) is 82.2 Å². The number of anilines is 1. The molecule has 6 nitrogen and oxygen atoms in total. The molecule has 3 N–H and O–H groups in total. The molecule has 0 bridgehead atoms. The molecule has 76 valence electrons. The number of thiocarbonyl (C=S) groups is 1. The Morgan fingerprint density at radius 3 is 2.93 bits per heavy atom. The number of aryl methyl sites for hydroxylation is 1. The highest BCUT2D eigenvalue weighted by Gasteiger charge is 2.13. The quantitative estimate of drug-likeness (QED) is 0.689. The lowest BCUT2D eigenvalue weighted by Crippen LogP contribution is -2.18. The van der Waals surface area contributed by atoms with Crippen molar-refractivity contribution in [3.8, 4) is 0 Å². The standard InChI is InChI=1S/C7H10N4O2S/c1-11-6(10-7(12)13-2)4(3-9-11)5(8)14/h3H,1-2H3,(H2,8,14)(H,10,12). The number of rotatable bonds is 2. The number of hydrogen-bond acceptors (Lipinski definition) is 4. The van der Waals surface area contributed by atoms with Crippen LogP contribution in [-0.4, -0.2) is 28.0 Å². The molecule has 0 saturated carbocycles. The van der Waals surface area contributed by atoms with Crippen molar-refractivity contribution in [3.63, 3.8) is 0 Å². The average Bonchev–Trinajstić information content (AvgIpc) is 2.48. The monoisotopic (exact) mass is 214 g/mol. The fraction of sp³-hybridized carbons (Fsp3) is 0.286. The van der Waals surface area contributed by atoms with E-state index in [1.807, 2.05) is 0 Å². The summed E-state index contributed by atoms with van der Waals surface area (Å²) in [7, 11) is 2.93. The molecule has 0 unspecified atom stereocenters. The van der Waals surface area contributed by atoms with Crippen LogP contribution in [0.3, 0.4) is 0 Å². The molecular weight excluding hydrogens is 204 g/mol. The van der Waals surface area contributed by atoms with Crippen molar-refractivity contribution in [2.24, 2.45) is 12.8 Å². The van der Waals surface area contributed by atoms with Crippen LogP contribution in [0.25, 0.3) is 0 Å². The minimum absolute atomic E-state index is 0.171. The molecule has 1 aromatic rings. The number of nitrogens with two attached hydrogens (primary N) is 1. The number of hydrogen-bond donors (Lipinski definition) is 2. The maximum atomic E-state index is 10.9. The Bertz CT molecular complexity index is 374. The van der Waals surface area contributed by atoms with Gasteiger partial charge in [0.2, 0.25) is 0 Å². The van der Waals surface area contributed by atoms with Crippen LogP contribution in [0.5, 0.6) is 0 Å². The fourth-order valence-electron chi connectivity index (χ4n) is 0.914. The van der Waals surface area contributed by atoms with Crippen LogP contribution in [0.15, 0.2) is 6.20 Å². The fourth-order valence-corrected chi connectivity index (χ4v) is 1.06. The van der Waals surface area contributed by atoms with E-state index in [9.17, 15) is 4.79 Å². The van der Waals surface area contributed by atoms with Crippen LogP contribution >= 0.6 is 12.2 Å². The molecule has 1 rings (SSSR count). The van der Waals surface area contributed by atoms with Gasteiger partial charge in [0.1, 0.15) is 10.8 Å². The minimum Gasteiger partial charge on any atom is -0.453 e. The highest BCUT2D eigenvalue weighted by molar-refractivity contribution is 7.80. The van der Waals surface area contributed by atoms with Gasteiger partial charge in [-0.3, -0.25) is 10.00 Å². The second kappa shape index (κ2) is 4.05. The Kier molecular flexibility index (Phi) is 3.03. The molecule has 0 aliphatic rings. The zero-order valence-corrected chi connectivity index (χ0v) is 8.59. The lowest BCUT2D eigenvalue weighted by Gasteiger charge is -2.05. The number of aromatic nitrogens is 2. The van der Waals surface area contributed by atoms with E-state index < -0.39 is 6.09 Å². The van der Waals surface area contributed by atoms with Crippen LogP contribution in [0.1, 0.15) is 5.56 Å². The number of methoxy groups -OCH3 is 1. The predicted molar refractivity (Wildman–Crippen MR) is 55.1 cm³/mol.